The minimum Gasteiger partial charge on any atom is -0.416 e. The van der Waals surface area contributed by atoms with Gasteiger partial charge in [-0.3, -0.25) is 0 Å². The third kappa shape index (κ3) is 5.73. The molecule has 0 aromatic carbocycles. The van der Waals surface area contributed by atoms with Crippen LogP contribution in [0.3, 0.4) is 0 Å². The average molecular weight is 549 g/mol. The first-order chi connectivity index (χ1) is 17.0. The van der Waals surface area contributed by atoms with Gasteiger partial charge >= 0.3 is 0 Å². The highest BCUT2D eigenvalue weighted by molar-refractivity contribution is 7.99. The van der Waals surface area contributed by atoms with Crippen LogP contribution in [0.25, 0.3) is 0 Å². The lowest BCUT2D eigenvalue weighted by Crippen LogP contribution is -2.49. The van der Waals surface area contributed by atoms with Gasteiger partial charge in [-0.2, -0.15) is 11.8 Å². The van der Waals surface area contributed by atoms with E-state index in [1.807, 2.05) is 25.6 Å². The molecule has 0 saturated heterocycles. The number of hydrogen-bond acceptors (Lipinski definition) is 4. The summed E-state index contributed by atoms with van der Waals surface area (Å²) >= 11 is 1.95. The van der Waals surface area contributed by atoms with E-state index < -0.39 is 13.9 Å². The smallest absolute Gasteiger partial charge is 0.192 e. The molecular formula is C32H56O3SSi. The molecule has 0 amide bonds. The second-order valence-electron chi connectivity index (χ2n) is 15.5. The molecule has 0 heterocycles. The van der Waals surface area contributed by atoms with Crippen molar-refractivity contribution in [3.63, 3.8) is 0 Å². The van der Waals surface area contributed by atoms with Crippen LogP contribution in [-0.2, 0) is 4.43 Å². The number of rotatable bonds is 8. The lowest BCUT2D eigenvalue weighted by molar-refractivity contribution is 0.0343. The Morgan fingerprint density at radius 3 is 2.43 bits per heavy atom. The van der Waals surface area contributed by atoms with Gasteiger partial charge in [0.25, 0.3) is 0 Å². The Morgan fingerprint density at radius 1 is 1.08 bits per heavy atom. The van der Waals surface area contributed by atoms with E-state index in [1.54, 1.807) is 11.1 Å². The molecule has 0 aliphatic heterocycles. The summed E-state index contributed by atoms with van der Waals surface area (Å²) in [6, 6.07) is 0. The van der Waals surface area contributed by atoms with Crippen molar-refractivity contribution in [1.29, 1.82) is 0 Å². The lowest BCUT2D eigenvalue weighted by atomic mass is 9.50. The summed E-state index contributed by atoms with van der Waals surface area (Å²) in [4.78, 5) is 0. The number of fused-ring (bicyclic) bond motifs is 5. The first-order valence-electron chi connectivity index (χ1n) is 15.1. The van der Waals surface area contributed by atoms with Gasteiger partial charge in [-0.25, -0.2) is 0 Å². The summed E-state index contributed by atoms with van der Waals surface area (Å²) in [7, 11) is -1.91. The summed E-state index contributed by atoms with van der Waals surface area (Å²) in [6.45, 7) is 21.2. The largest absolute Gasteiger partial charge is 0.416 e. The maximum atomic E-state index is 11.7. The van der Waals surface area contributed by atoms with Crippen molar-refractivity contribution >= 4 is 20.1 Å². The molecule has 212 valence electrons. The first-order valence-corrected chi connectivity index (χ1v) is 19.0. The molecule has 2 N–H and O–H groups in total. The normalized spacial score (nSPS) is 37.3. The van der Waals surface area contributed by atoms with E-state index in [0.717, 1.165) is 18.6 Å². The Hall–Kier alpha value is -0.0731. The van der Waals surface area contributed by atoms with Gasteiger partial charge in [-0.05, 0) is 105 Å². The predicted octanol–water partition coefficient (Wildman–Crippen LogP) is 8.13. The SMILES string of the molecule is CC(C)(O)CCS[C@H](CO[Si](C)(C)C(C)(C)C)[C@H]1[C@@H](O)C[C@H]2C3=CC=C4CCCC[C@]4(C)[C@H]3CC[C@]12C. The van der Waals surface area contributed by atoms with Crippen LogP contribution in [-0.4, -0.2) is 47.8 Å². The van der Waals surface area contributed by atoms with Crippen LogP contribution in [0.15, 0.2) is 23.3 Å². The highest BCUT2D eigenvalue weighted by atomic mass is 32.2. The molecular weight excluding hydrogens is 493 g/mol. The van der Waals surface area contributed by atoms with E-state index in [1.165, 1.54) is 38.5 Å². The zero-order valence-electron chi connectivity index (χ0n) is 25.3. The molecule has 3 saturated carbocycles. The van der Waals surface area contributed by atoms with Crippen LogP contribution in [0, 0.1) is 28.6 Å². The fraction of sp³-hybridized carbons (Fsp3) is 0.875. The standard InChI is InChI=1S/C32H56O3SSi/c1-29(2,3)37(8,9)35-21-27(36-19-18-30(4,5)34)28-26(33)20-25-23-14-13-22-12-10-11-16-31(22,6)24(23)15-17-32(25,28)7/h13-14,24-28,33-34H,10-12,15-21H2,1-9H3/t24-,25-,26-,27+,28+,31-,32-/m0/s1. The van der Waals surface area contributed by atoms with E-state index in [9.17, 15) is 10.2 Å². The maximum absolute atomic E-state index is 11.7. The van der Waals surface area contributed by atoms with Gasteiger partial charge in [0, 0.05) is 17.8 Å². The third-order valence-corrected chi connectivity index (χ3v) is 17.3. The average Bonchev–Trinajstić information content (AvgIpc) is 3.04. The molecule has 4 aliphatic carbocycles. The van der Waals surface area contributed by atoms with Crippen LogP contribution < -0.4 is 0 Å². The van der Waals surface area contributed by atoms with Crippen molar-refractivity contribution in [2.24, 2.45) is 28.6 Å². The molecule has 0 bridgehead atoms. The van der Waals surface area contributed by atoms with Gasteiger partial charge < -0.3 is 14.6 Å². The number of aliphatic hydroxyl groups excluding tert-OH is 1. The maximum Gasteiger partial charge on any atom is 0.192 e. The van der Waals surface area contributed by atoms with E-state index in [2.05, 4.69) is 59.9 Å². The summed E-state index contributed by atoms with van der Waals surface area (Å²) in [6.07, 6.45) is 14.1. The predicted molar refractivity (Wildman–Crippen MR) is 161 cm³/mol. The van der Waals surface area contributed by atoms with Gasteiger partial charge in [-0.15, -0.1) is 0 Å². The fourth-order valence-electron chi connectivity index (χ4n) is 7.99. The van der Waals surface area contributed by atoms with E-state index in [4.69, 9.17) is 4.43 Å². The Labute approximate surface area is 233 Å². The molecule has 0 radical (unpaired) electrons. The topological polar surface area (TPSA) is 49.7 Å². The van der Waals surface area contributed by atoms with Gasteiger partial charge in [-0.1, -0.05) is 64.3 Å². The molecule has 0 spiro atoms. The van der Waals surface area contributed by atoms with Crippen molar-refractivity contribution in [3.8, 4) is 0 Å². The quantitative estimate of drug-likeness (QED) is 0.301. The highest BCUT2D eigenvalue weighted by Crippen LogP contribution is 2.66. The summed E-state index contributed by atoms with van der Waals surface area (Å²) in [5.74, 6) is 2.24. The van der Waals surface area contributed by atoms with Crippen molar-refractivity contribution in [3.05, 3.63) is 23.3 Å². The Balaban J connectivity index is 1.61. The molecule has 4 aliphatic rings. The van der Waals surface area contributed by atoms with Crippen molar-refractivity contribution in [2.75, 3.05) is 12.4 Å². The van der Waals surface area contributed by atoms with Crippen LogP contribution in [0.5, 0.6) is 0 Å². The molecule has 3 nitrogen and oxygen atoms in total. The van der Waals surface area contributed by atoms with Crippen LogP contribution in [0.2, 0.25) is 18.1 Å². The zero-order valence-corrected chi connectivity index (χ0v) is 27.1. The Kier molecular flexibility index (Phi) is 8.40. The van der Waals surface area contributed by atoms with Crippen molar-refractivity contribution in [1.82, 2.24) is 0 Å². The molecule has 5 heteroatoms. The lowest BCUT2D eigenvalue weighted by Gasteiger charge is -2.54. The van der Waals surface area contributed by atoms with Gasteiger partial charge in [0.05, 0.1) is 11.7 Å². The van der Waals surface area contributed by atoms with E-state index in [0.29, 0.717) is 23.9 Å². The minimum absolute atomic E-state index is 0.0985. The molecule has 4 rings (SSSR count). The molecule has 0 unspecified atom stereocenters. The highest BCUT2D eigenvalue weighted by Gasteiger charge is 2.60. The van der Waals surface area contributed by atoms with E-state index >= 15 is 0 Å². The zero-order chi connectivity index (χ0) is 27.4. The molecule has 0 aromatic heterocycles. The van der Waals surface area contributed by atoms with Crippen LogP contribution in [0.4, 0.5) is 0 Å². The first kappa shape index (κ1) is 29.9. The molecule has 37 heavy (non-hydrogen) atoms. The fourth-order valence-corrected chi connectivity index (χ4v) is 10.9. The van der Waals surface area contributed by atoms with E-state index in [-0.39, 0.29) is 27.7 Å². The monoisotopic (exact) mass is 548 g/mol. The second kappa shape index (κ2) is 10.4. The van der Waals surface area contributed by atoms with Gasteiger partial charge in [0.2, 0.25) is 0 Å². The van der Waals surface area contributed by atoms with Crippen LogP contribution >= 0.6 is 11.8 Å². The van der Waals surface area contributed by atoms with Crippen molar-refractivity contribution < 1.29 is 14.6 Å². The Bertz CT molecular complexity index is 897. The summed E-state index contributed by atoms with van der Waals surface area (Å²) in [5.41, 5.74) is 3.10. The molecule has 3 fully saturated rings. The third-order valence-electron chi connectivity index (χ3n) is 11.5. The number of thioether (sulfide) groups is 1. The van der Waals surface area contributed by atoms with Gasteiger partial charge in [0.1, 0.15) is 0 Å². The number of allylic oxidation sites excluding steroid dienone is 4. The second-order valence-corrected chi connectivity index (χ2v) is 21.7. The van der Waals surface area contributed by atoms with Crippen molar-refractivity contribution in [2.45, 2.75) is 135 Å². The summed E-state index contributed by atoms with van der Waals surface area (Å²) in [5, 5.41) is 22.6. The molecule has 0 aromatic rings. The van der Waals surface area contributed by atoms with Crippen LogP contribution in [0.1, 0.15) is 99.8 Å². The summed E-state index contributed by atoms with van der Waals surface area (Å²) < 4.78 is 6.84. The Morgan fingerprint density at radius 2 is 1.78 bits per heavy atom. The van der Waals surface area contributed by atoms with Gasteiger partial charge in [0.15, 0.2) is 8.32 Å². The minimum atomic E-state index is -1.91. The number of aliphatic hydroxyl groups is 2. The number of hydrogen-bond donors (Lipinski definition) is 2. The molecule has 7 atom stereocenters.